The number of rotatable bonds is 3. The molecule has 19 heavy (non-hydrogen) atoms. The molecule has 0 bridgehead atoms. The van der Waals surface area contributed by atoms with Crippen LogP contribution in [0.15, 0.2) is 18.2 Å². The first-order valence-electron chi connectivity index (χ1n) is 6.79. The number of nitriles is 1. The molecule has 1 aliphatic rings. The maximum absolute atomic E-state index is 8.84. The lowest BCUT2D eigenvalue weighted by Crippen LogP contribution is -2.51. The summed E-state index contributed by atoms with van der Waals surface area (Å²) in [6.45, 7) is 9.74. The first-order valence-corrected chi connectivity index (χ1v) is 7.16. The molecule has 0 radical (unpaired) electrons. The van der Waals surface area contributed by atoms with Gasteiger partial charge in [-0.25, -0.2) is 0 Å². The van der Waals surface area contributed by atoms with E-state index in [1.165, 1.54) is 0 Å². The van der Waals surface area contributed by atoms with Gasteiger partial charge in [-0.1, -0.05) is 24.6 Å². The summed E-state index contributed by atoms with van der Waals surface area (Å²) in [5.74, 6) is 0. The molecular formula is C15H20ClN3. The first kappa shape index (κ1) is 14.3. The average Bonchev–Trinajstić information content (AvgIpc) is 2.41. The van der Waals surface area contributed by atoms with Crippen LogP contribution >= 0.6 is 11.6 Å². The zero-order chi connectivity index (χ0) is 13.8. The van der Waals surface area contributed by atoms with E-state index in [9.17, 15) is 0 Å². The molecule has 1 unspecified atom stereocenters. The monoisotopic (exact) mass is 277 g/mol. The van der Waals surface area contributed by atoms with E-state index in [0.29, 0.717) is 16.6 Å². The van der Waals surface area contributed by atoms with Crippen molar-refractivity contribution in [3.05, 3.63) is 34.3 Å². The highest BCUT2D eigenvalue weighted by molar-refractivity contribution is 6.31. The smallest absolute Gasteiger partial charge is 0.0992 e. The van der Waals surface area contributed by atoms with Crippen LogP contribution < -0.4 is 0 Å². The second-order valence-corrected chi connectivity index (χ2v) is 5.54. The lowest BCUT2D eigenvalue weighted by molar-refractivity contribution is 0.0835. The summed E-state index contributed by atoms with van der Waals surface area (Å²) >= 11 is 6.23. The number of halogens is 1. The fourth-order valence-corrected chi connectivity index (χ4v) is 2.91. The number of likely N-dealkylation sites (N-methyl/N-ethyl adjacent to an activating group) is 1. The molecule has 4 heteroatoms. The minimum absolute atomic E-state index is 0.593. The van der Waals surface area contributed by atoms with E-state index in [0.717, 1.165) is 38.3 Å². The van der Waals surface area contributed by atoms with Crippen LogP contribution in [-0.2, 0) is 6.54 Å². The van der Waals surface area contributed by atoms with Crippen molar-refractivity contribution < 1.29 is 0 Å². The van der Waals surface area contributed by atoms with Gasteiger partial charge in [0.1, 0.15) is 0 Å². The Bertz CT molecular complexity index is 481. The third kappa shape index (κ3) is 3.48. The number of hydrogen-bond acceptors (Lipinski definition) is 3. The maximum Gasteiger partial charge on any atom is 0.0992 e. The first-order chi connectivity index (χ1) is 9.13. The third-order valence-electron chi connectivity index (χ3n) is 3.83. The minimum Gasteiger partial charge on any atom is -0.298 e. The van der Waals surface area contributed by atoms with Gasteiger partial charge in [0, 0.05) is 37.2 Å². The molecular weight excluding hydrogens is 258 g/mol. The maximum atomic E-state index is 8.84. The van der Waals surface area contributed by atoms with Crippen molar-refractivity contribution >= 4 is 11.6 Å². The molecule has 0 aliphatic carbocycles. The predicted octanol–water partition coefficient (Wildman–Crippen LogP) is 2.74. The molecule has 1 aromatic rings. The SMILES string of the molecule is CCN1CCN(Cc2ccc(C#N)cc2Cl)CC1C. The van der Waals surface area contributed by atoms with Crippen molar-refractivity contribution in [3.63, 3.8) is 0 Å². The highest BCUT2D eigenvalue weighted by atomic mass is 35.5. The predicted molar refractivity (Wildman–Crippen MR) is 78.2 cm³/mol. The molecule has 0 aromatic heterocycles. The van der Waals surface area contributed by atoms with E-state index >= 15 is 0 Å². The molecule has 1 atom stereocenters. The quantitative estimate of drug-likeness (QED) is 0.851. The Morgan fingerprint density at radius 1 is 1.42 bits per heavy atom. The van der Waals surface area contributed by atoms with Gasteiger partial charge in [-0.2, -0.15) is 5.26 Å². The van der Waals surface area contributed by atoms with E-state index in [-0.39, 0.29) is 0 Å². The molecule has 3 nitrogen and oxygen atoms in total. The fraction of sp³-hybridized carbons (Fsp3) is 0.533. The summed E-state index contributed by atoms with van der Waals surface area (Å²) in [7, 11) is 0. The molecule has 2 rings (SSSR count). The van der Waals surface area contributed by atoms with Gasteiger partial charge < -0.3 is 0 Å². The van der Waals surface area contributed by atoms with Crippen LogP contribution in [0.3, 0.4) is 0 Å². The van der Waals surface area contributed by atoms with Crippen LogP contribution in [0.2, 0.25) is 5.02 Å². The molecule has 1 fully saturated rings. The highest BCUT2D eigenvalue weighted by Gasteiger charge is 2.22. The summed E-state index contributed by atoms with van der Waals surface area (Å²) in [4.78, 5) is 4.93. The lowest BCUT2D eigenvalue weighted by Gasteiger charge is -2.39. The Labute approximate surface area is 120 Å². The Morgan fingerprint density at radius 2 is 2.21 bits per heavy atom. The summed E-state index contributed by atoms with van der Waals surface area (Å²) < 4.78 is 0. The van der Waals surface area contributed by atoms with Gasteiger partial charge >= 0.3 is 0 Å². The van der Waals surface area contributed by atoms with Crippen LogP contribution in [0.25, 0.3) is 0 Å². The molecule has 1 aliphatic heterocycles. The van der Waals surface area contributed by atoms with Crippen molar-refractivity contribution in [1.82, 2.24) is 9.80 Å². The fourth-order valence-electron chi connectivity index (χ4n) is 2.67. The topological polar surface area (TPSA) is 30.3 Å². The van der Waals surface area contributed by atoms with Gasteiger partial charge in [-0.15, -0.1) is 0 Å². The zero-order valence-corrected chi connectivity index (χ0v) is 12.3. The van der Waals surface area contributed by atoms with Gasteiger partial charge in [0.15, 0.2) is 0 Å². The van der Waals surface area contributed by atoms with Crippen LogP contribution in [0.4, 0.5) is 0 Å². The summed E-state index contributed by atoms with van der Waals surface area (Å²) in [6.07, 6.45) is 0. The number of nitrogens with zero attached hydrogens (tertiary/aromatic N) is 3. The van der Waals surface area contributed by atoms with E-state index in [1.807, 2.05) is 12.1 Å². The van der Waals surface area contributed by atoms with E-state index in [1.54, 1.807) is 6.07 Å². The lowest BCUT2D eigenvalue weighted by atomic mass is 10.1. The molecule has 0 N–H and O–H groups in total. The number of hydrogen-bond donors (Lipinski definition) is 0. The Morgan fingerprint density at radius 3 is 2.79 bits per heavy atom. The Hall–Kier alpha value is -1.08. The van der Waals surface area contributed by atoms with Crippen LogP contribution in [0, 0.1) is 11.3 Å². The second kappa shape index (κ2) is 6.38. The molecule has 1 saturated heterocycles. The zero-order valence-electron chi connectivity index (χ0n) is 11.6. The van der Waals surface area contributed by atoms with Crippen LogP contribution in [0.5, 0.6) is 0 Å². The molecule has 1 heterocycles. The molecule has 0 spiro atoms. The second-order valence-electron chi connectivity index (χ2n) is 5.13. The van der Waals surface area contributed by atoms with Crippen molar-refractivity contribution in [1.29, 1.82) is 5.26 Å². The van der Waals surface area contributed by atoms with Gasteiger partial charge in [-0.05, 0) is 31.2 Å². The minimum atomic E-state index is 0.593. The normalized spacial score (nSPS) is 21.3. The third-order valence-corrected chi connectivity index (χ3v) is 4.18. The summed E-state index contributed by atoms with van der Waals surface area (Å²) in [5.41, 5.74) is 1.73. The number of benzene rings is 1. The number of piperazine rings is 1. The molecule has 1 aromatic carbocycles. The van der Waals surface area contributed by atoms with E-state index in [2.05, 4.69) is 29.7 Å². The van der Waals surface area contributed by atoms with Crippen LogP contribution in [-0.4, -0.2) is 42.0 Å². The summed E-state index contributed by atoms with van der Waals surface area (Å²) in [5, 5.41) is 9.54. The molecule has 0 saturated carbocycles. The van der Waals surface area contributed by atoms with Gasteiger partial charge in [-0.3, -0.25) is 9.80 Å². The van der Waals surface area contributed by atoms with Gasteiger partial charge in [0.2, 0.25) is 0 Å². The Balaban J connectivity index is 2.01. The molecule has 0 amide bonds. The van der Waals surface area contributed by atoms with Crippen LogP contribution in [0.1, 0.15) is 25.0 Å². The standard InChI is InChI=1S/C15H20ClN3/c1-3-19-7-6-18(10-12(19)2)11-14-5-4-13(9-17)8-15(14)16/h4-5,8,12H,3,6-7,10-11H2,1-2H3. The Kier molecular flexibility index (Phi) is 4.81. The largest absolute Gasteiger partial charge is 0.298 e. The van der Waals surface area contributed by atoms with Gasteiger partial charge in [0.05, 0.1) is 11.6 Å². The van der Waals surface area contributed by atoms with Crippen molar-refractivity contribution in [2.75, 3.05) is 26.2 Å². The summed E-state index contributed by atoms with van der Waals surface area (Å²) in [6, 6.07) is 8.27. The van der Waals surface area contributed by atoms with Crippen molar-refractivity contribution in [3.8, 4) is 6.07 Å². The highest BCUT2D eigenvalue weighted by Crippen LogP contribution is 2.21. The van der Waals surface area contributed by atoms with Gasteiger partial charge in [0.25, 0.3) is 0 Å². The van der Waals surface area contributed by atoms with Crippen molar-refractivity contribution in [2.24, 2.45) is 0 Å². The van der Waals surface area contributed by atoms with E-state index < -0.39 is 0 Å². The van der Waals surface area contributed by atoms with E-state index in [4.69, 9.17) is 16.9 Å². The molecule has 102 valence electrons. The average molecular weight is 278 g/mol. The van der Waals surface area contributed by atoms with Crippen molar-refractivity contribution in [2.45, 2.75) is 26.4 Å².